The number of piperidine rings is 1. The Labute approximate surface area is 171 Å². The smallest absolute Gasteiger partial charge is 0.268 e. The zero-order valence-corrected chi connectivity index (χ0v) is 17.0. The lowest BCUT2D eigenvalue weighted by Crippen LogP contribution is -3.14. The van der Waals surface area contributed by atoms with Gasteiger partial charge in [-0.1, -0.05) is 49.4 Å². The molecule has 2 N–H and O–H groups in total. The summed E-state index contributed by atoms with van der Waals surface area (Å²) in [6.07, 6.45) is 4.23. The van der Waals surface area contributed by atoms with Gasteiger partial charge in [0.05, 0.1) is 25.2 Å². The number of nitrogens with zero attached hydrogens (tertiary/aromatic N) is 1. The van der Waals surface area contributed by atoms with Crippen molar-refractivity contribution in [3.05, 3.63) is 65.2 Å². The van der Waals surface area contributed by atoms with Gasteiger partial charge in [0.25, 0.3) is 5.91 Å². The van der Waals surface area contributed by atoms with Gasteiger partial charge in [-0.05, 0) is 37.3 Å². The average Bonchev–Trinajstić information content (AvgIpc) is 2.96. The molecule has 152 valence electrons. The number of carbonyl (C=O) groups excluding carboxylic acids is 2. The fourth-order valence-corrected chi connectivity index (χ4v) is 4.53. The number of hydrogen-bond acceptors (Lipinski definition) is 3. The van der Waals surface area contributed by atoms with Crippen LogP contribution in [-0.4, -0.2) is 36.6 Å². The van der Waals surface area contributed by atoms with Crippen LogP contribution in [0.15, 0.2) is 48.5 Å². The summed E-state index contributed by atoms with van der Waals surface area (Å²) in [5.74, 6) is -0.597. The molecule has 0 radical (unpaired) electrons. The maximum absolute atomic E-state index is 13.3. The van der Waals surface area contributed by atoms with Crippen LogP contribution in [0.5, 0.6) is 0 Å². The molecule has 4 rings (SSSR count). The molecule has 5 heteroatoms. The molecule has 1 atom stereocenters. The van der Waals surface area contributed by atoms with Crippen molar-refractivity contribution in [2.24, 2.45) is 0 Å². The predicted molar refractivity (Wildman–Crippen MR) is 112 cm³/mol. The molecule has 2 aromatic carbocycles. The summed E-state index contributed by atoms with van der Waals surface area (Å²) in [5.41, 5.74) is 1.15. The first-order valence-corrected chi connectivity index (χ1v) is 10.6. The quantitative estimate of drug-likeness (QED) is 0.739. The van der Waals surface area contributed by atoms with Crippen molar-refractivity contribution in [3.8, 4) is 0 Å². The van der Waals surface area contributed by atoms with Gasteiger partial charge in [0.2, 0.25) is 0 Å². The van der Waals surface area contributed by atoms with E-state index in [9.17, 15) is 14.7 Å². The Bertz CT molecular complexity index is 903. The number of aryl methyl sites for hydroxylation is 1. The lowest BCUT2D eigenvalue weighted by molar-refractivity contribution is -0.903. The van der Waals surface area contributed by atoms with E-state index in [1.165, 1.54) is 11.3 Å². The van der Waals surface area contributed by atoms with Gasteiger partial charge in [-0.25, -0.2) is 0 Å². The Morgan fingerprint density at radius 3 is 2.45 bits per heavy atom. The van der Waals surface area contributed by atoms with E-state index in [0.717, 1.165) is 43.6 Å². The van der Waals surface area contributed by atoms with E-state index in [1.807, 2.05) is 30.3 Å². The maximum atomic E-state index is 13.3. The number of aliphatic hydroxyl groups is 1. The molecule has 0 bridgehead atoms. The Morgan fingerprint density at radius 1 is 1.07 bits per heavy atom. The topological polar surface area (TPSA) is 62.0 Å². The SMILES string of the molecule is CCc1ccc(C(=O)C[C@@]2(O)C(=O)N(C[NH+]3CCCCC3)c3ccccc32)cc1. The summed E-state index contributed by atoms with van der Waals surface area (Å²) in [6, 6.07) is 14.7. The molecule has 0 aromatic heterocycles. The highest BCUT2D eigenvalue weighted by atomic mass is 16.3. The number of amides is 1. The molecule has 0 unspecified atom stereocenters. The van der Waals surface area contributed by atoms with Gasteiger partial charge in [-0.2, -0.15) is 0 Å². The van der Waals surface area contributed by atoms with Crippen molar-refractivity contribution in [1.29, 1.82) is 0 Å². The van der Waals surface area contributed by atoms with Gasteiger partial charge >= 0.3 is 0 Å². The Kier molecular flexibility index (Phi) is 5.52. The Balaban J connectivity index is 1.59. The van der Waals surface area contributed by atoms with Crippen LogP contribution in [0.4, 0.5) is 5.69 Å². The molecule has 0 saturated carbocycles. The fourth-order valence-electron chi connectivity index (χ4n) is 4.53. The Morgan fingerprint density at radius 2 is 1.76 bits per heavy atom. The highest BCUT2D eigenvalue weighted by molar-refractivity contribution is 6.10. The Hall–Kier alpha value is -2.50. The molecule has 2 aromatic rings. The number of hydrogen-bond donors (Lipinski definition) is 2. The van der Waals surface area contributed by atoms with Crippen LogP contribution < -0.4 is 9.80 Å². The number of benzene rings is 2. The van der Waals surface area contributed by atoms with E-state index in [1.54, 1.807) is 23.1 Å². The van der Waals surface area contributed by atoms with Gasteiger partial charge in [0.15, 0.2) is 18.1 Å². The minimum Gasteiger partial charge on any atom is -0.375 e. The molecule has 0 spiro atoms. The van der Waals surface area contributed by atoms with Gasteiger partial charge < -0.3 is 10.0 Å². The second-order valence-corrected chi connectivity index (χ2v) is 8.23. The van der Waals surface area contributed by atoms with E-state index < -0.39 is 5.60 Å². The van der Waals surface area contributed by atoms with Crippen LogP contribution in [0, 0.1) is 0 Å². The normalized spacial score (nSPS) is 22.0. The number of Topliss-reactive ketones (excluding diaryl/α,β-unsaturated/α-hetero) is 1. The zero-order valence-electron chi connectivity index (χ0n) is 17.0. The summed E-state index contributed by atoms with van der Waals surface area (Å²) in [7, 11) is 0. The lowest BCUT2D eigenvalue weighted by atomic mass is 9.88. The van der Waals surface area contributed by atoms with Crippen molar-refractivity contribution in [2.45, 2.75) is 44.6 Å². The highest BCUT2D eigenvalue weighted by Crippen LogP contribution is 2.42. The molecule has 5 nitrogen and oxygen atoms in total. The van der Waals surface area contributed by atoms with E-state index >= 15 is 0 Å². The highest BCUT2D eigenvalue weighted by Gasteiger charge is 2.51. The van der Waals surface area contributed by atoms with Crippen molar-refractivity contribution in [3.63, 3.8) is 0 Å². The molecule has 1 amide bonds. The predicted octanol–water partition coefficient (Wildman–Crippen LogP) is 2.08. The molecule has 0 aliphatic carbocycles. The maximum Gasteiger partial charge on any atom is 0.268 e. The number of quaternary nitrogens is 1. The van der Waals surface area contributed by atoms with Gasteiger partial charge in [-0.3, -0.25) is 14.5 Å². The van der Waals surface area contributed by atoms with Crippen LogP contribution in [0.3, 0.4) is 0 Å². The van der Waals surface area contributed by atoms with Gasteiger partial charge in [-0.15, -0.1) is 0 Å². The summed E-state index contributed by atoms with van der Waals surface area (Å²) < 4.78 is 0. The molecule has 1 fully saturated rings. The summed E-state index contributed by atoms with van der Waals surface area (Å²) in [5, 5.41) is 11.4. The number of nitrogens with one attached hydrogen (secondary N) is 1. The molecule has 2 aliphatic heterocycles. The first-order chi connectivity index (χ1) is 14.0. The number of fused-ring (bicyclic) bond motifs is 1. The second kappa shape index (κ2) is 8.09. The zero-order chi connectivity index (χ0) is 20.4. The number of rotatable bonds is 6. The van der Waals surface area contributed by atoms with Crippen molar-refractivity contribution < 1.29 is 19.6 Å². The molecular weight excluding hydrogens is 364 g/mol. The van der Waals surface area contributed by atoms with Crippen molar-refractivity contribution in [2.75, 3.05) is 24.7 Å². The third-order valence-electron chi connectivity index (χ3n) is 6.28. The van der Waals surface area contributed by atoms with E-state index in [-0.39, 0.29) is 18.1 Å². The number of likely N-dealkylation sites (tertiary alicyclic amines) is 1. The van der Waals surface area contributed by atoms with Gasteiger partial charge in [0, 0.05) is 11.1 Å². The largest absolute Gasteiger partial charge is 0.375 e. The van der Waals surface area contributed by atoms with Crippen LogP contribution in [0.2, 0.25) is 0 Å². The summed E-state index contributed by atoms with van der Waals surface area (Å²) in [4.78, 5) is 29.3. The van der Waals surface area contributed by atoms with Crippen LogP contribution in [0.25, 0.3) is 0 Å². The number of para-hydroxylation sites is 1. The number of carbonyl (C=O) groups is 2. The third kappa shape index (κ3) is 3.72. The minimum absolute atomic E-state index is 0.217. The van der Waals surface area contributed by atoms with E-state index in [0.29, 0.717) is 17.8 Å². The molecular formula is C24H29N2O3+. The third-order valence-corrected chi connectivity index (χ3v) is 6.28. The standard InChI is InChI=1S/C24H28N2O3/c1-2-18-10-12-19(13-11-18)22(27)16-24(29)20-8-4-5-9-21(20)26(23(24)28)17-25-14-6-3-7-15-25/h4-5,8-13,29H,2-3,6-7,14-17H2,1H3/p+1/t24-/m0/s1. The number of ketones is 1. The fraction of sp³-hybridized carbons (Fsp3) is 0.417. The van der Waals surface area contributed by atoms with Crippen molar-refractivity contribution >= 4 is 17.4 Å². The first kappa shape index (κ1) is 19.8. The van der Waals surface area contributed by atoms with Gasteiger partial charge in [0.1, 0.15) is 0 Å². The summed E-state index contributed by atoms with van der Waals surface area (Å²) >= 11 is 0. The van der Waals surface area contributed by atoms with E-state index in [2.05, 4.69) is 6.92 Å². The molecule has 1 saturated heterocycles. The monoisotopic (exact) mass is 393 g/mol. The number of anilines is 1. The average molecular weight is 394 g/mol. The van der Waals surface area contributed by atoms with Crippen LogP contribution in [-0.2, 0) is 16.8 Å². The molecule has 29 heavy (non-hydrogen) atoms. The van der Waals surface area contributed by atoms with E-state index in [4.69, 9.17) is 0 Å². The molecule has 2 heterocycles. The van der Waals surface area contributed by atoms with Crippen LogP contribution in [0.1, 0.15) is 54.1 Å². The van der Waals surface area contributed by atoms with Crippen molar-refractivity contribution in [1.82, 2.24) is 0 Å². The first-order valence-electron chi connectivity index (χ1n) is 10.6. The van der Waals surface area contributed by atoms with Crippen LogP contribution >= 0.6 is 0 Å². The molecule has 2 aliphatic rings. The summed E-state index contributed by atoms with van der Waals surface area (Å²) in [6.45, 7) is 4.67. The minimum atomic E-state index is -1.80. The lowest BCUT2D eigenvalue weighted by Gasteiger charge is -2.29. The second-order valence-electron chi connectivity index (χ2n) is 8.23.